The number of hydrogen-bond donors (Lipinski definition) is 1. The van der Waals surface area contributed by atoms with E-state index in [-0.39, 0.29) is 5.92 Å². The highest BCUT2D eigenvalue weighted by Gasteiger charge is 2.26. The number of nitrogens with zero attached hydrogens (tertiary/aromatic N) is 2. The number of para-hydroxylation sites is 1. The summed E-state index contributed by atoms with van der Waals surface area (Å²) in [6.07, 6.45) is 0. The van der Waals surface area contributed by atoms with Crippen LogP contribution in [0, 0.1) is 5.92 Å². The van der Waals surface area contributed by atoms with Gasteiger partial charge in [0.1, 0.15) is 5.75 Å². The molecule has 2 unspecified atom stereocenters. The van der Waals surface area contributed by atoms with Gasteiger partial charge in [0.25, 0.3) is 0 Å². The molecule has 1 aromatic heterocycles. The average Bonchev–Trinajstić information content (AvgIpc) is 2.96. The lowest BCUT2D eigenvalue weighted by atomic mass is 9.96. The number of aromatic nitrogens is 2. The van der Waals surface area contributed by atoms with Crippen LogP contribution in [0.2, 0.25) is 0 Å². The molecule has 0 bridgehead atoms. The van der Waals surface area contributed by atoms with E-state index in [1.807, 2.05) is 31.2 Å². The molecule has 0 amide bonds. The highest BCUT2D eigenvalue weighted by molar-refractivity contribution is 5.70. The minimum atomic E-state index is -0.892. The van der Waals surface area contributed by atoms with Crippen molar-refractivity contribution in [1.82, 2.24) is 10.1 Å². The summed E-state index contributed by atoms with van der Waals surface area (Å²) in [6.45, 7) is 5.80. The second-order valence-corrected chi connectivity index (χ2v) is 4.80. The Balaban J connectivity index is 2.30. The predicted molar refractivity (Wildman–Crippen MR) is 76.1 cm³/mol. The molecular formula is C15H18N2O4. The van der Waals surface area contributed by atoms with Gasteiger partial charge in [-0.2, -0.15) is 4.98 Å². The van der Waals surface area contributed by atoms with Gasteiger partial charge < -0.3 is 14.4 Å². The smallest absolute Gasteiger partial charge is 0.307 e. The van der Waals surface area contributed by atoms with Crippen LogP contribution in [0.15, 0.2) is 28.8 Å². The summed E-state index contributed by atoms with van der Waals surface area (Å²) in [5.74, 6) is -0.462. The van der Waals surface area contributed by atoms with Gasteiger partial charge in [0, 0.05) is 5.92 Å². The first-order chi connectivity index (χ1) is 10.0. The average molecular weight is 290 g/mol. The molecule has 0 saturated carbocycles. The van der Waals surface area contributed by atoms with E-state index in [1.165, 1.54) is 0 Å². The zero-order valence-electron chi connectivity index (χ0n) is 12.2. The van der Waals surface area contributed by atoms with Gasteiger partial charge >= 0.3 is 5.97 Å². The van der Waals surface area contributed by atoms with Gasteiger partial charge in [-0.05, 0) is 19.1 Å². The highest BCUT2D eigenvalue weighted by atomic mass is 16.5. The minimum Gasteiger partial charge on any atom is -0.493 e. The Kier molecular flexibility index (Phi) is 4.57. The van der Waals surface area contributed by atoms with Gasteiger partial charge in [-0.3, -0.25) is 4.79 Å². The molecule has 0 aliphatic rings. The van der Waals surface area contributed by atoms with E-state index in [0.29, 0.717) is 24.1 Å². The van der Waals surface area contributed by atoms with Crippen LogP contribution < -0.4 is 4.74 Å². The van der Waals surface area contributed by atoms with E-state index < -0.39 is 11.9 Å². The molecule has 21 heavy (non-hydrogen) atoms. The second kappa shape index (κ2) is 6.39. The zero-order chi connectivity index (χ0) is 15.4. The third kappa shape index (κ3) is 3.21. The van der Waals surface area contributed by atoms with Gasteiger partial charge in [-0.1, -0.05) is 31.1 Å². The lowest BCUT2D eigenvalue weighted by molar-refractivity contribution is -0.141. The number of ether oxygens (including phenoxy) is 1. The van der Waals surface area contributed by atoms with Crippen molar-refractivity contribution in [2.24, 2.45) is 5.92 Å². The number of rotatable bonds is 6. The van der Waals surface area contributed by atoms with Crippen LogP contribution in [-0.4, -0.2) is 27.8 Å². The Bertz CT molecular complexity index is 624. The molecular weight excluding hydrogens is 272 g/mol. The fourth-order valence-electron chi connectivity index (χ4n) is 1.89. The van der Waals surface area contributed by atoms with Crippen LogP contribution in [0.1, 0.15) is 32.6 Å². The van der Waals surface area contributed by atoms with Gasteiger partial charge in [0.15, 0.2) is 0 Å². The SMILES string of the molecule is CCOc1ccccc1-c1noc(C(C)C(C)C(=O)O)n1. The maximum absolute atomic E-state index is 11.0. The highest BCUT2D eigenvalue weighted by Crippen LogP contribution is 2.30. The van der Waals surface area contributed by atoms with Crippen molar-refractivity contribution >= 4 is 5.97 Å². The normalized spacial score (nSPS) is 13.7. The van der Waals surface area contributed by atoms with E-state index in [1.54, 1.807) is 13.8 Å². The molecule has 6 nitrogen and oxygen atoms in total. The van der Waals surface area contributed by atoms with Gasteiger partial charge in [0.2, 0.25) is 11.7 Å². The van der Waals surface area contributed by atoms with Gasteiger partial charge in [0.05, 0.1) is 18.1 Å². The fraction of sp³-hybridized carbons (Fsp3) is 0.400. The van der Waals surface area contributed by atoms with Crippen LogP contribution in [0.3, 0.4) is 0 Å². The molecule has 2 rings (SSSR count). The van der Waals surface area contributed by atoms with E-state index in [9.17, 15) is 4.79 Å². The summed E-state index contributed by atoms with van der Waals surface area (Å²) < 4.78 is 10.7. The quantitative estimate of drug-likeness (QED) is 0.880. The first-order valence-corrected chi connectivity index (χ1v) is 6.83. The van der Waals surface area contributed by atoms with Crippen molar-refractivity contribution in [3.05, 3.63) is 30.2 Å². The van der Waals surface area contributed by atoms with Crippen LogP contribution in [0.4, 0.5) is 0 Å². The zero-order valence-corrected chi connectivity index (χ0v) is 12.2. The molecule has 0 aliphatic heterocycles. The number of hydrogen-bond acceptors (Lipinski definition) is 5. The number of carbonyl (C=O) groups is 1. The van der Waals surface area contributed by atoms with Crippen molar-refractivity contribution in [3.8, 4) is 17.1 Å². The standard InChI is InChI=1S/C15H18N2O4/c1-4-20-12-8-6-5-7-11(12)13-16-14(21-17-13)9(2)10(3)15(18)19/h5-10H,4H2,1-3H3,(H,18,19). The van der Waals surface area contributed by atoms with Gasteiger partial charge in [-0.25, -0.2) is 0 Å². The Labute approximate surface area is 122 Å². The molecule has 0 radical (unpaired) electrons. The van der Waals surface area contributed by atoms with E-state index in [2.05, 4.69) is 10.1 Å². The monoisotopic (exact) mass is 290 g/mol. The molecule has 1 aromatic carbocycles. The Morgan fingerprint density at radius 2 is 2.10 bits per heavy atom. The van der Waals surface area contributed by atoms with E-state index in [4.69, 9.17) is 14.4 Å². The minimum absolute atomic E-state index is 0.311. The summed E-state index contributed by atoms with van der Waals surface area (Å²) in [5, 5.41) is 13.0. The Morgan fingerprint density at radius 1 is 1.38 bits per heavy atom. The molecule has 6 heteroatoms. The topological polar surface area (TPSA) is 85.5 Å². The fourth-order valence-corrected chi connectivity index (χ4v) is 1.89. The summed E-state index contributed by atoms with van der Waals surface area (Å²) in [5.41, 5.74) is 0.726. The number of aliphatic carboxylic acids is 1. The molecule has 0 saturated heterocycles. The third-order valence-corrected chi connectivity index (χ3v) is 3.40. The second-order valence-electron chi connectivity index (χ2n) is 4.80. The Hall–Kier alpha value is -2.37. The van der Waals surface area contributed by atoms with Crippen molar-refractivity contribution < 1.29 is 19.2 Å². The predicted octanol–water partition coefficient (Wildman–Crippen LogP) is 2.96. The maximum Gasteiger partial charge on any atom is 0.307 e. The summed E-state index contributed by atoms with van der Waals surface area (Å²) in [4.78, 5) is 15.3. The number of benzene rings is 1. The van der Waals surface area contributed by atoms with E-state index >= 15 is 0 Å². The van der Waals surface area contributed by atoms with Crippen LogP contribution in [-0.2, 0) is 4.79 Å². The van der Waals surface area contributed by atoms with Crippen molar-refractivity contribution in [2.45, 2.75) is 26.7 Å². The molecule has 0 fully saturated rings. The molecule has 2 atom stereocenters. The van der Waals surface area contributed by atoms with Crippen LogP contribution in [0.5, 0.6) is 5.75 Å². The molecule has 1 heterocycles. The third-order valence-electron chi connectivity index (χ3n) is 3.40. The lowest BCUT2D eigenvalue weighted by Gasteiger charge is -2.10. The van der Waals surface area contributed by atoms with Crippen LogP contribution in [0.25, 0.3) is 11.4 Å². The lowest BCUT2D eigenvalue weighted by Crippen LogP contribution is -2.16. The first-order valence-electron chi connectivity index (χ1n) is 6.83. The summed E-state index contributed by atoms with van der Waals surface area (Å²) >= 11 is 0. The molecule has 0 aliphatic carbocycles. The molecule has 112 valence electrons. The van der Waals surface area contributed by atoms with E-state index in [0.717, 1.165) is 5.56 Å². The van der Waals surface area contributed by atoms with Crippen molar-refractivity contribution in [2.75, 3.05) is 6.61 Å². The van der Waals surface area contributed by atoms with Crippen molar-refractivity contribution in [3.63, 3.8) is 0 Å². The first kappa shape index (κ1) is 15.0. The van der Waals surface area contributed by atoms with Gasteiger partial charge in [-0.15, -0.1) is 0 Å². The maximum atomic E-state index is 11.0. The number of carboxylic acids is 1. The van der Waals surface area contributed by atoms with Crippen LogP contribution >= 0.6 is 0 Å². The Morgan fingerprint density at radius 3 is 2.76 bits per heavy atom. The molecule has 0 spiro atoms. The summed E-state index contributed by atoms with van der Waals surface area (Å²) in [7, 11) is 0. The summed E-state index contributed by atoms with van der Waals surface area (Å²) in [6, 6.07) is 7.39. The van der Waals surface area contributed by atoms with Crippen molar-refractivity contribution in [1.29, 1.82) is 0 Å². The largest absolute Gasteiger partial charge is 0.493 e. The molecule has 2 aromatic rings. The number of carboxylic acid groups (broad SMARTS) is 1. The molecule has 1 N–H and O–H groups in total.